The Balaban J connectivity index is 2.69. The summed E-state index contributed by atoms with van der Waals surface area (Å²) in [6.45, 7) is 5.83. The van der Waals surface area contributed by atoms with E-state index in [0.29, 0.717) is 18.5 Å². The number of nitrogens with one attached hydrogen (secondary N) is 1. The lowest BCUT2D eigenvalue weighted by Crippen LogP contribution is -2.33. The summed E-state index contributed by atoms with van der Waals surface area (Å²) in [7, 11) is 0. The number of aryl methyl sites for hydroxylation is 1. The fourth-order valence-corrected chi connectivity index (χ4v) is 1.68. The molecule has 1 aromatic rings. The lowest BCUT2D eigenvalue weighted by molar-refractivity contribution is 0.0635. The van der Waals surface area contributed by atoms with E-state index in [1.165, 1.54) is 6.33 Å². The molecule has 4 nitrogen and oxygen atoms in total. The van der Waals surface area contributed by atoms with Gasteiger partial charge in [0.2, 0.25) is 0 Å². The van der Waals surface area contributed by atoms with Gasteiger partial charge in [0.25, 0.3) is 0 Å². The maximum atomic E-state index is 13.8. The molecule has 1 unspecified atom stereocenters. The SMILES string of the molecule is CCCC(C)(O)CNc1ncnc(CC)c1F. The second-order valence-corrected chi connectivity index (χ2v) is 4.44. The molecule has 0 fully saturated rings. The van der Waals surface area contributed by atoms with Gasteiger partial charge in [0, 0.05) is 6.54 Å². The van der Waals surface area contributed by atoms with Crippen molar-refractivity contribution in [2.75, 3.05) is 11.9 Å². The zero-order chi connectivity index (χ0) is 12.9. The fraction of sp³-hybridized carbons (Fsp3) is 0.667. The monoisotopic (exact) mass is 241 g/mol. The van der Waals surface area contributed by atoms with Gasteiger partial charge in [-0.25, -0.2) is 14.4 Å². The van der Waals surface area contributed by atoms with Gasteiger partial charge in [-0.3, -0.25) is 0 Å². The average molecular weight is 241 g/mol. The van der Waals surface area contributed by atoms with Gasteiger partial charge in [-0.1, -0.05) is 20.3 Å². The zero-order valence-corrected chi connectivity index (χ0v) is 10.6. The molecule has 0 aliphatic rings. The van der Waals surface area contributed by atoms with Gasteiger partial charge in [-0.05, 0) is 19.8 Å². The maximum absolute atomic E-state index is 13.8. The molecule has 0 aliphatic heterocycles. The number of halogens is 1. The van der Waals surface area contributed by atoms with Gasteiger partial charge in [0.15, 0.2) is 11.6 Å². The van der Waals surface area contributed by atoms with Crippen LogP contribution in [0.1, 0.15) is 39.3 Å². The molecule has 0 aliphatic carbocycles. The first-order chi connectivity index (χ1) is 8.00. The van der Waals surface area contributed by atoms with Crippen molar-refractivity contribution in [2.24, 2.45) is 0 Å². The van der Waals surface area contributed by atoms with Crippen LogP contribution in [0, 0.1) is 5.82 Å². The lowest BCUT2D eigenvalue weighted by atomic mass is 10.0. The molecule has 1 aromatic heterocycles. The van der Waals surface area contributed by atoms with E-state index in [-0.39, 0.29) is 12.4 Å². The van der Waals surface area contributed by atoms with Crippen molar-refractivity contribution in [2.45, 2.75) is 45.6 Å². The maximum Gasteiger partial charge on any atom is 0.186 e. The van der Waals surface area contributed by atoms with Gasteiger partial charge in [0.05, 0.1) is 11.3 Å². The van der Waals surface area contributed by atoms with Gasteiger partial charge < -0.3 is 10.4 Å². The van der Waals surface area contributed by atoms with Crippen LogP contribution in [0.5, 0.6) is 0 Å². The summed E-state index contributed by atoms with van der Waals surface area (Å²) in [5.41, 5.74) is -0.462. The van der Waals surface area contributed by atoms with Gasteiger partial charge in [-0.2, -0.15) is 0 Å². The Morgan fingerprint density at radius 1 is 1.41 bits per heavy atom. The number of aromatic nitrogens is 2. The van der Waals surface area contributed by atoms with E-state index in [4.69, 9.17) is 0 Å². The minimum Gasteiger partial charge on any atom is -0.388 e. The first kappa shape index (κ1) is 13.8. The van der Waals surface area contributed by atoms with Crippen molar-refractivity contribution < 1.29 is 9.50 Å². The highest BCUT2D eigenvalue weighted by atomic mass is 19.1. The molecule has 0 amide bonds. The molecule has 0 bridgehead atoms. The molecule has 5 heteroatoms. The van der Waals surface area contributed by atoms with Crippen LogP contribution in [0.25, 0.3) is 0 Å². The average Bonchev–Trinajstić information content (AvgIpc) is 2.28. The van der Waals surface area contributed by atoms with Crippen LogP contribution < -0.4 is 5.32 Å². The summed E-state index contributed by atoms with van der Waals surface area (Å²) in [6, 6.07) is 0. The number of nitrogens with zero attached hydrogens (tertiary/aromatic N) is 2. The standard InChI is InChI=1S/C12H20FN3O/c1-4-6-12(3,17)7-14-11-10(13)9(5-2)15-8-16-11/h8,17H,4-7H2,1-3H3,(H,14,15,16). The Hall–Kier alpha value is -1.23. The first-order valence-corrected chi connectivity index (χ1v) is 5.95. The molecule has 17 heavy (non-hydrogen) atoms. The lowest BCUT2D eigenvalue weighted by Gasteiger charge is -2.23. The number of hydrogen-bond acceptors (Lipinski definition) is 4. The number of anilines is 1. The van der Waals surface area contributed by atoms with Gasteiger partial charge in [-0.15, -0.1) is 0 Å². The summed E-state index contributed by atoms with van der Waals surface area (Å²) in [5.74, 6) is -0.268. The van der Waals surface area contributed by atoms with E-state index < -0.39 is 11.4 Å². The molecular weight excluding hydrogens is 221 g/mol. The molecular formula is C12H20FN3O. The van der Waals surface area contributed by atoms with Crippen molar-refractivity contribution in [1.29, 1.82) is 0 Å². The van der Waals surface area contributed by atoms with Crippen LogP contribution in [-0.2, 0) is 6.42 Å². The summed E-state index contributed by atoms with van der Waals surface area (Å²) in [4.78, 5) is 7.69. The van der Waals surface area contributed by atoms with Crippen molar-refractivity contribution in [3.8, 4) is 0 Å². The summed E-state index contributed by atoms with van der Waals surface area (Å²) >= 11 is 0. The van der Waals surface area contributed by atoms with E-state index in [9.17, 15) is 9.50 Å². The van der Waals surface area contributed by atoms with Crippen molar-refractivity contribution in [3.63, 3.8) is 0 Å². The molecule has 0 aromatic carbocycles. The van der Waals surface area contributed by atoms with E-state index in [2.05, 4.69) is 15.3 Å². The third-order valence-electron chi connectivity index (χ3n) is 2.62. The van der Waals surface area contributed by atoms with Crippen LogP contribution in [0.2, 0.25) is 0 Å². The summed E-state index contributed by atoms with van der Waals surface area (Å²) < 4.78 is 13.8. The quantitative estimate of drug-likeness (QED) is 0.801. The molecule has 1 heterocycles. The van der Waals surface area contributed by atoms with Crippen LogP contribution in [0.15, 0.2) is 6.33 Å². The van der Waals surface area contributed by atoms with Crippen molar-refractivity contribution in [3.05, 3.63) is 17.8 Å². The van der Waals surface area contributed by atoms with E-state index in [0.717, 1.165) is 6.42 Å². The fourth-order valence-electron chi connectivity index (χ4n) is 1.68. The number of hydrogen-bond donors (Lipinski definition) is 2. The zero-order valence-electron chi connectivity index (χ0n) is 10.6. The van der Waals surface area contributed by atoms with Gasteiger partial charge >= 0.3 is 0 Å². The molecule has 0 radical (unpaired) electrons. The van der Waals surface area contributed by atoms with Crippen molar-refractivity contribution in [1.82, 2.24) is 9.97 Å². The predicted molar refractivity (Wildman–Crippen MR) is 65.4 cm³/mol. The third-order valence-corrected chi connectivity index (χ3v) is 2.62. The Kier molecular flexibility index (Phi) is 4.81. The Labute approximate surface area is 101 Å². The van der Waals surface area contributed by atoms with Crippen LogP contribution >= 0.6 is 0 Å². The summed E-state index contributed by atoms with van der Waals surface area (Å²) in [6.07, 6.45) is 3.39. The summed E-state index contributed by atoms with van der Waals surface area (Å²) in [5, 5.41) is 12.8. The third kappa shape index (κ3) is 3.93. The molecule has 1 atom stereocenters. The molecule has 2 N–H and O–H groups in total. The largest absolute Gasteiger partial charge is 0.388 e. The van der Waals surface area contributed by atoms with Gasteiger partial charge in [0.1, 0.15) is 6.33 Å². The van der Waals surface area contributed by atoms with Crippen LogP contribution in [-0.4, -0.2) is 27.2 Å². The molecule has 0 saturated carbocycles. The normalized spacial score (nSPS) is 14.4. The highest BCUT2D eigenvalue weighted by Crippen LogP contribution is 2.16. The second-order valence-electron chi connectivity index (χ2n) is 4.44. The smallest absolute Gasteiger partial charge is 0.186 e. The molecule has 0 saturated heterocycles. The van der Waals surface area contributed by atoms with Crippen LogP contribution in [0.3, 0.4) is 0 Å². The van der Waals surface area contributed by atoms with Crippen molar-refractivity contribution >= 4 is 5.82 Å². The second kappa shape index (κ2) is 5.91. The Morgan fingerprint density at radius 2 is 2.12 bits per heavy atom. The number of aliphatic hydroxyl groups is 1. The molecule has 0 spiro atoms. The van der Waals surface area contributed by atoms with Crippen LogP contribution in [0.4, 0.5) is 10.2 Å². The van der Waals surface area contributed by atoms with E-state index in [1.807, 2.05) is 13.8 Å². The minimum absolute atomic E-state index is 0.160. The minimum atomic E-state index is -0.849. The van der Waals surface area contributed by atoms with E-state index in [1.54, 1.807) is 6.92 Å². The number of rotatable bonds is 6. The Morgan fingerprint density at radius 3 is 2.71 bits per heavy atom. The topological polar surface area (TPSA) is 58.0 Å². The highest BCUT2D eigenvalue weighted by Gasteiger charge is 2.20. The van der Waals surface area contributed by atoms with E-state index >= 15 is 0 Å². The highest BCUT2D eigenvalue weighted by molar-refractivity contribution is 5.37. The molecule has 96 valence electrons. The molecule has 1 rings (SSSR count). The Bertz CT molecular complexity index is 369. The first-order valence-electron chi connectivity index (χ1n) is 5.95. The predicted octanol–water partition coefficient (Wildman–Crippen LogP) is 2.14.